The molecule has 2 aromatic heterocycles. The van der Waals surface area contributed by atoms with Crippen LogP contribution >= 0.6 is 0 Å². The molecule has 3 heterocycles. The lowest BCUT2D eigenvalue weighted by molar-refractivity contribution is 0.389. The second-order valence-corrected chi connectivity index (χ2v) is 5.53. The Kier molecular flexibility index (Phi) is 4.40. The Morgan fingerprint density at radius 1 is 1.19 bits per heavy atom. The molecule has 5 heteroatoms. The lowest BCUT2D eigenvalue weighted by atomic mass is 9.98. The predicted molar refractivity (Wildman–Crippen MR) is 84.1 cm³/mol. The molecule has 0 saturated carbocycles. The maximum absolute atomic E-state index is 4.62. The molecular formula is C16H21N5. The Balaban J connectivity index is 1.72. The number of hydrogen-bond acceptors (Lipinski definition) is 5. The number of anilines is 1. The zero-order valence-electron chi connectivity index (χ0n) is 12.3. The monoisotopic (exact) mass is 283 g/mol. The quantitative estimate of drug-likeness (QED) is 0.901. The van der Waals surface area contributed by atoms with E-state index in [9.17, 15) is 0 Å². The van der Waals surface area contributed by atoms with Crippen LogP contribution < -0.4 is 10.6 Å². The first-order chi connectivity index (χ1) is 10.3. The summed E-state index contributed by atoms with van der Waals surface area (Å²) in [4.78, 5) is 13.2. The minimum Gasteiger partial charge on any atom is -0.370 e. The van der Waals surface area contributed by atoms with Gasteiger partial charge in [0.2, 0.25) is 0 Å². The van der Waals surface area contributed by atoms with Crippen molar-refractivity contribution in [1.82, 2.24) is 20.3 Å². The molecule has 2 N–H and O–H groups in total. The summed E-state index contributed by atoms with van der Waals surface area (Å²) in [6.07, 6.45) is 5.99. The molecule has 0 aromatic carbocycles. The Labute approximate surface area is 125 Å². The SMILES string of the molecule is Cc1cc(NCC2CCNCC2)nc(-c2ccncc2)n1. The number of pyridine rings is 1. The Bertz CT molecular complexity index is 578. The van der Waals surface area contributed by atoms with Gasteiger partial charge in [-0.15, -0.1) is 0 Å². The summed E-state index contributed by atoms with van der Waals surface area (Å²) in [6, 6.07) is 5.88. The van der Waals surface area contributed by atoms with Crippen molar-refractivity contribution < 1.29 is 0 Å². The van der Waals surface area contributed by atoms with Crippen molar-refractivity contribution in [2.45, 2.75) is 19.8 Å². The Morgan fingerprint density at radius 3 is 2.71 bits per heavy atom. The normalized spacial score (nSPS) is 15.9. The summed E-state index contributed by atoms with van der Waals surface area (Å²) < 4.78 is 0. The number of aromatic nitrogens is 3. The van der Waals surface area contributed by atoms with E-state index in [4.69, 9.17) is 0 Å². The standard InChI is InChI=1S/C16H21N5/c1-12-10-15(19-11-13-2-6-17-7-3-13)21-16(20-12)14-4-8-18-9-5-14/h4-5,8-10,13,17H,2-3,6-7,11H2,1H3,(H,19,20,21). The third kappa shape index (κ3) is 3.76. The number of piperidine rings is 1. The van der Waals surface area contributed by atoms with Gasteiger partial charge in [-0.2, -0.15) is 0 Å². The fourth-order valence-corrected chi connectivity index (χ4v) is 2.62. The molecular weight excluding hydrogens is 262 g/mol. The van der Waals surface area contributed by atoms with Crippen LogP contribution in [-0.2, 0) is 0 Å². The maximum atomic E-state index is 4.62. The van der Waals surface area contributed by atoms with Crippen molar-refractivity contribution in [3.05, 3.63) is 36.3 Å². The molecule has 1 saturated heterocycles. The van der Waals surface area contributed by atoms with E-state index in [2.05, 4.69) is 25.6 Å². The summed E-state index contributed by atoms with van der Waals surface area (Å²) in [5, 5.41) is 6.86. The topological polar surface area (TPSA) is 62.7 Å². The molecule has 0 amide bonds. The molecule has 0 unspecified atom stereocenters. The van der Waals surface area contributed by atoms with Gasteiger partial charge in [-0.25, -0.2) is 9.97 Å². The van der Waals surface area contributed by atoms with Gasteiger partial charge < -0.3 is 10.6 Å². The summed E-state index contributed by atoms with van der Waals surface area (Å²) in [5.74, 6) is 2.39. The fourth-order valence-electron chi connectivity index (χ4n) is 2.62. The molecule has 1 aliphatic rings. The van der Waals surface area contributed by atoms with Gasteiger partial charge in [-0.05, 0) is 50.9 Å². The van der Waals surface area contributed by atoms with Crippen LogP contribution in [0.1, 0.15) is 18.5 Å². The molecule has 0 atom stereocenters. The van der Waals surface area contributed by atoms with E-state index < -0.39 is 0 Å². The fraction of sp³-hybridized carbons (Fsp3) is 0.438. The molecule has 2 aromatic rings. The zero-order valence-corrected chi connectivity index (χ0v) is 12.3. The molecule has 21 heavy (non-hydrogen) atoms. The van der Waals surface area contributed by atoms with Crippen LogP contribution in [0, 0.1) is 12.8 Å². The lowest BCUT2D eigenvalue weighted by Crippen LogP contribution is -2.31. The summed E-state index contributed by atoms with van der Waals surface area (Å²) in [7, 11) is 0. The van der Waals surface area contributed by atoms with Crippen LogP contribution in [-0.4, -0.2) is 34.6 Å². The number of aryl methyl sites for hydroxylation is 1. The van der Waals surface area contributed by atoms with Crippen LogP contribution in [0.25, 0.3) is 11.4 Å². The van der Waals surface area contributed by atoms with Crippen LogP contribution in [0.3, 0.4) is 0 Å². The van der Waals surface area contributed by atoms with E-state index in [0.29, 0.717) is 0 Å². The van der Waals surface area contributed by atoms with E-state index >= 15 is 0 Å². The first-order valence-electron chi connectivity index (χ1n) is 7.52. The molecule has 5 nitrogen and oxygen atoms in total. The lowest BCUT2D eigenvalue weighted by Gasteiger charge is -2.23. The van der Waals surface area contributed by atoms with Gasteiger partial charge in [0.1, 0.15) is 5.82 Å². The van der Waals surface area contributed by atoms with E-state index in [1.165, 1.54) is 12.8 Å². The Hall–Kier alpha value is -2.01. The number of rotatable bonds is 4. The molecule has 1 aliphatic heterocycles. The van der Waals surface area contributed by atoms with E-state index in [1.54, 1.807) is 12.4 Å². The van der Waals surface area contributed by atoms with Gasteiger partial charge in [-0.3, -0.25) is 4.98 Å². The van der Waals surface area contributed by atoms with Crippen molar-refractivity contribution in [2.75, 3.05) is 25.0 Å². The van der Waals surface area contributed by atoms with E-state index in [0.717, 1.165) is 48.5 Å². The highest BCUT2D eigenvalue weighted by molar-refractivity contribution is 5.56. The average molecular weight is 283 g/mol. The van der Waals surface area contributed by atoms with Gasteiger partial charge in [0.15, 0.2) is 5.82 Å². The van der Waals surface area contributed by atoms with Gasteiger partial charge in [0.05, 0.1) is 0 Å². The summed E-state index contributed by atoms with van der Waals surface area (Å²) in [6.45, 7) is 5.23. The molecule has 3 rings (SSSR count). The van der Waals surface area contributed by atoms with Crippen LogP contribution in [0.4, 0.5) is 5.82 Å². The first kappa shape index (κ1) is 13.9. The molecule has 0 aliphatic carbocycles. The molecule has 110 valence electrons. The highest BCUT2D eigenvalue weighted by Gasteiger charge is 2.13. The summed E-state index contributed by atoms with van der Waals surface area (Å²) >= 11 is 0. The molecule has 0 bridgehead atoms. The molecule has 0 radical (unpaired) electrons. The minimum atomic E-state index is 0.728. The molecule has 0 spiro atoms. The smallest absolute Gasteiger partial charge is 0.161 e. The third-order valence-electron chi connectivity index (χ3n) is 3.82. The predicted octanol–water partition coefficient (Wildman–Crippen LogP) is 2.26. The van der Waals surface area contributed by atoms with Crippen molar-refractivity contribution >= 4 is 5.82 Å². The van der Waals surface area contributed by atoms with Crippen molar-refractivity contribution in [1.29, 1.82) is 0 Å². The van der Waals surface area contributed by atoms with E-state index in [1.807, 2.05) is 25.1 Å². The van der Waals surface area contributed by atoms with Gasteiger partial charge in [-0.1, -0.05) is 0 Å². The first-order valence-corrected chi connectivity index (χ1v) is 7.52. The summed E-state index contributed by atoms with van der Waals surface area (Å²) in [5.41, 5.74) is 1.98. The number of nitrogens with zero attached hydrogens (tertiary/aromatic N) is 3. The van der Waals surface area contributed by atoms with Gasteiger partial charge >= 0.3 is 0 Å². The number of hydrogen-bond donors (Lipinski definition) is 2. The number of nitrogens with one attached hydrogen (secondary N) is 2. The Morgan fingerprint density at radius 2 is 1.95 bits per heavy atom. The second-order valence-electron chi connectivity index (χ2n) is 5.53. The zero-order chi connectivity index (χ0) is 14.5. The third-order valence-corrected chi connectivity index (χ3v) is 3.82. The van der Waals surface area contributed by atoms with Gasteiger partial charge in [0, 0.05) is 36.3 Å². The largest absolute Gasteiger partial charge is 0.370 e. The minimum absolute atomic E-state index is 0.728. The maximum Gasteiger partial charge on any atom is 0.161 e. The molecule has 1 fully saturated rings. The van der Waals surface area contributed by atoms with Crippen molar-refractivity contribution in [2.24, 2.45) is 5.92 Å². The van der Waals surface area contributed by atoms with Crippen molar-refractivity contribution in [3.8, 4) is 11.4 Å². The van der Waals surface area contributed by atoms with Crippen LogP contribution in [0.15, 0.2) is 30.6 Å². The van der Waals surface area contributed by atoms with Gasteiger partial charge in [0.25, 0.3) is 0 Å². The highest BCUT2D eigenvalue weighted by Crippen LogP contribution is 2.18. The van der Waals surface area contributed by atoms with Crippen LogP contribution in [0.2, 0.25) is 0 Å². The van der Waals surface area contributed by atoms with Crippen LogP contribution in [0.5, 0.6) is 0 Å². The highest BCUT2D eigenvalue weighted by atomic mass is 15.0. The van der Waals surface area contributed by atoms with E-state index in [-0.39, 0.29) is 0 Å². The average Bonchev–Trinajstić information content (AvgIpc) is 2.54. The van der Waals surface area contributed by atoms with Crippen molar-refractivity contribution in [3.63, 3.8) is 0 Å². The second kappa shape index (κ2) is 6.63.